The van der Waals surface area contributed by atoms with E-state index in [0.29, 0.717) is 12.8 Å². The van der Waals surface area contributed by atoms with Crippen molar-refractivity contribution in [2.75, 3.05) is 0 Å². The van der Waals surface area contributed by atoms with Gasteiger partial charge in [0.15, 0.2) is 0 Å². The molecule has 0 heterocycles. The number of carbonyl (C=O) groups excluding carboxylic acids is 2. The van der Waals surface area contributed by atoms with Gasteiger partial charge in [0.1, 0.15) is 12.6 Å². The third-order valence-corrected chi connectivity index (χ3v) is 2.03. The van der Waals surface area contributed by atoms with Crippen LogP contribution in [-0.4, -0.2) is 12.6 Å². The molecule has 0 amide bonds. The zero-order chi connectivity index (χ0) is 12.8. The van der Waals surface area contributed by atoms with Gasteiger partial charge in [-0.25, -0.2) is 0 Å². The highest BCUT2D eigenvalue weighted by Crippen LogP contribution is 2.00. The lowest BCUT2D eigenvalue weighted by Crippen LogP contribution is -1.83. The summed E-state index contributed by atoms with van der Waals surface area (Å²) < 4.78 is 0. The summed E-state index contributed by atoms with van der Waals surface area (Å²) in [4.78, 5) is 19.6. The second kappa shape index (κ2) is 12.4. The minimum Gasteiger partial charge on any atom is -0.303 e. The summed E-state index contributed by atoms with van der Waals surface area (Å²) in [5.41, 5.74) is 1.23. The number of benzene rings is 1. The average molecular weight is 232 g/mol. The zero-order valence-corrected chi connectivity index (χ0v) is 10.3. The molecule has 0 atom stereocenters. The zero-order valence-electron chi connectivity index (χ0n) is 10.3. The van der Waals surface area contributed by atoms with Crippen LogP contribution in [0.25, 0.3) is 0 Å². The number of aldehydes is 2. The van der Waals surface area contributed by atoms with Crippen LogP contribution in [0, 0.1) is 0 Å². The van der Waals surface area contributed by atoms with Gasteiger partial charge in [-0.05, 0) is 18.4 Å². The molecule has 0 saturated heterocycles. The smallest absolute Gasteiger partial charge is 0.123 e. The lowest BCUT2D eigenvalue weighted by atomic mass is 10.1. The first kappa shape index (κ1) is 15.3. The van der Waals surface area contributed by atoms with Gasteiger partial charge in [-0.15, -0.1) is 0 Å². The first-order chi connectivity index (χ1) is 8.35. The lowest BCUT2D eigenvalue weighted by Gasteiger charge is -1.93. The summed E-state index contributed by atoms with van der Waals surface area (Å²) in [7, 11) is 0. The highest BCUT2D eigenvalue weighted by molar-refractivity contribution is 5.51. The Morgan fingerprint density at radius 1 is 1.00 bits per heavy atom. The molecule has 1 aromatic carbocycles. The third kappa shape index (κ3) is 10.6. The molecule has 2 heteroatoms. The number of allylic oxidation sites excluding steroid dienone is 2. The maximum absolute atomic E-state index is 9.98. The van der Waals surface area contributed by atoms with E-state index in [0.717, 1.165) is 25.4 Å². The Labute approximate surface area is 103 Å². The molecule has 0 fully saturated rings. The molecule has 0 bridgehead atoms. The van der Waals surface area contributed by atoms with E-state index in [1.54, 1.807) is 0 Å². The Balaban J connectivity index is 0.000000325. The van der Waals surface area contributed by atoms with Crippen molar-refractivity contribution in [3.63, 3.8) is 0 Å². The molecule has 0 aliphatic rings. The molecule has 0 radical (unpaired) electrons. The predicted octanol–water partition coefficient (Wildman–Crippen LogP) is 3.36. The monoisotopic (exact) mass is 232 g/mol. The molecule has 0 aliphatic carbocycles. The molecule has 0 spiro atoms. The summed E-state index contributed by atoms with van der Waals surface area (Å²) in [5, 5.41) is 0. The third-order valence-electron chi connectivity index (χ3n) is 2.03. The maximum atomic E-state index is 9.98. The molecule has 17 heavy (non-hydrogen) atoms. The van der Waals surface area contributed by atoms with Gasteiger partial charge in [-0.3, -0.25) is 0 Å². The first-order valence-electron chi connectivity index (χ1n) is 5.91. The van der Waals surface area contributed by atoms with Crippen LogP contribution in [0.1, 0.15) is 31.7 Å². The highest BCUT2D eigenvalue weighted by atomic mass is 16.1. The van der Waals surface area contributed by atoms with Crippen LogP contribution in [0.3, 0.4) is 0 Å². The Hall–Kier alpha value is -1.70. The minimum atomic E-state index is 0.563. The molecular weight excluding hydrogens is 212 g/mol. The van der Waals surface area contributed by atoms with Crippen LogP contribution >= 0.6 is 0 Å². The fourth-order valence-electron chi connectivity index (χ4n) is 1.19. The highest BCUT2D eigenvalue weighted by Gasteiger charge is 1.87. The van der Waals surface area contributed by atoms with Gasteiger partial charge in [0, 0.05) is 12.8 Å². The van der Waals surface area contributed by atoms with E-state index in [1.165, 1.54) is 5.56 Å². The number of hydrogen-bond donors (Lipinski definition) is 0. The molecule has 0 unspecified atom stereocenters. The van der Waals surface area contributed by atoms with Gasteiger partial charge in [0.25, 0.3) is 0 Å². The second-order valence-corrected chi connectivity index (χ2v) is 3.47. The average Bonchev–Trinajstić information content (AvgIpc) is 2.39. The molecule has 0 saturated carbocycles. The van der Waals surface area contributed by atoms with Crippen molar-refractivity contribution in [3.8, 4) is 0 Å². The predicted molar refractivity (Wildman–Crippen MR) is 70.9 cm³/mol. The summed E-state index contributed by atoms with van der Waals surface area (Å²) in [6.45, 7) is 2.04. The Morgan fingerprint density at radius 2 is 1.71 bits per heavy atom. The van der Waals surface area contributed by atoms with E-state index in [4.69, 9.17) is 0 Å². The van der Waals surface area contributed by atoms with Crippen LogP contribution in [0.2, 0.25) is 0 Å². The lowest BCUT2D eigenvalue weighted by molar-refractivity contribution is -0.108. The number of rotatable bonds is 6. The van der Waals surface area contributed by atoms with Gasteiger partial charge in [0.2, 0.25) is 0 Å². The molecule has 1 rings (SSSR count). The van der Waals surface area contributed by atoms with Gasteiger partial charge in [0.05, 0.1) is 0 Å². The maximum Gasteiger partial charge on any atom is 0.123 e. The van der Waals surface area contributed by atoms with Gasteiger partial charge < -0.3 is 9.59 Å². The van der Waals surface area contributed by atoms with Crippen LogP contribution in [0.5, 0.6) is 0 Å². The van der Waals surface area contributed by atoms with E-state index < -0.39 is 0 Å². The fraction of sp³-hybridized carbons (Fsp3) is 0.333. The van der Waals surface area contributed by atoms with Crippen molar-refractivity contribution < 1.29 is 9.59 Å². The van der Waals surface area contributed by atoms with E-state index in [-0.39, 0.29) is 0 Å². The molecule has 2 nitrogen and oxygen atoms in total. The van der Waals surface area contributed by atoms with Crippen molar-refractivity contribution in [3.05, 3.63) is 48.0 Å². The Bertz CT molecular complexity index is 315. The standard InChI is InChI=1S/C9H10O.C6H10O/c10-8-4-7-9-5-2-1-3-6-9;1-2-3-4-5-6-7/h1-3,5-6,8H,4,7H2;3-4,6H,2,5H2,1H3/b;4-3-. The fourth-order valence-corrected chi connectivity index (χ4v) is 1.19. The normalized spacial score (nSPS) is 9.47. The van der Waals surface area contributed by atoms with Crippen LogP contribution in [0.4, 0.5) is 0 Å². The van der Waals surface area contributed by atoms with Crippen molar-refractivity contribution in [2.24, 2.45) is 0 Å². The Morgan fingerprint density at radius 3 is 2.24 bits per heavy atom. The van der Waals surface area contributed by atoms with Crippen molar-refractivity contribution in [1.29, 1.82) is 0 Å². The van der Waals surface area contributed by atoms with E-state index in [1.807, 2.05) is 49.4 Å². The Kier molecular flexibility index (Phi) is 11.1. The van der Waals surface area contributed by atoms with Crippen LogP contribution in [-0.2, 0) is 16.0 Å². The van der Waals surface area contributed by atoms with E-state index >= 15 is 0 Å². The molecular formula is C15H20O2. The topological polar surface area (TPSA) is 34.1 Å². The molecule has 92 valence electrons. The van der Waals surface area contributed by atoms with Crippen molar-refractivity contribution in [1.82, 2.24) is 0 Å². The minimum absolute atomic E-state index is 0.563. The summed E-state index contributed by atoms with van der Waals surface area (Å²) in [5.74, 6) is 0. The van der Waals surface area contributed by atoms with Crippen molar-refractivity contribution in [2.45, 2.75) is 32.6 Å². The van der Waals surface area contributed by atoms with E-state index in [9.17, 15) is 9.59 Å². The molecule has 0 aliphatic heterocycles. The van der Waals surface area contributed by atoms with Gasteiger partial charge in [-0.1, -0.05) is 49.4 Å². The van der Waals surface area contributed by atoms with Crippen molar-refractivity contribution >= 4 is 12.6 Å². The number of aryl methyl sites for hydroxylation is 1. The van der Waals surface area contributed by atoms with E-state index in [2.05, 4.69) is 0 Å². The van der Waals surface area contributed by atoms with Crippen LogP contribution < -0.4 is 0 Å². The molecule has 0 N–H and O–H groups in total. The number of carbonyl (C=O) groups is 2. The summed E-state index contributed by atoms with van der Waals surface area (Å²) >= 11 is 0. The molecule has 0 aromatic heterocycles. The first-order valence-corrected chi connectivity index (χ1v) is 5.91. The number of hydrogen-bond acceptors (Lipinski definition) is 2. The summed E-state index contributed by atoms with van der Waals surface area (Å²) in [6, 6.07) is 10.0. The molecule has 1 aromatic rings. The quantitative estimate of drug-likeness (QED) is 0.556. The second-order valence-electron chi connectivity index (χ2n) is 3.47. The summed E-state index contributed by atoms with van der Waals surface area (Å²) in [6.07, 6.45) is 8.77. The SMILES string of the molecule is CC/C=C\CC=O.O=CCCc1ccccc1. The largest absolute Gasteiger partial charge is 0.303 e. The van der Waals surface area contributed by atoms with Crippen LogP contribution in [0.15, 0.2) is 42.5 Å². The van der Waals surface area contributed by atoms with Gasteiger partial charge >= 0.3 is 0 Å². The van der Waals surface area contributed by atoms with Gasteiger partial charge in [-0.2, -0.15) is 0 Å².